The van der Waals surface area contributed by atoms with Crippen LogP contribution in [-0.2, 0) is 4.79 Å². The van der Waals surface area contributed by atoms with Crippen LogP contribution in [0, 0.1) is 0 Å². The molecule has 0 radical (unpaired) electrons. The Balaban J connectivity index is 0. The summed E-state index contributed by atoms with van der Waals surface area (Å²) in [6, 6.07) is -0.827. The maximum absolute atomic E-state index is 10.0. The molecule has 0 spiro atoms. The van der Waals surface area contributed by atoms with Crippen molar-refractivity contribution in [2.24, 2.45) is 11.5 Å². The third kappa shape index (κ3) is 33.6. The number of nitrogens with two attached hydrogens (primary N) is 2. The summed E-state index contributed by atoms with van der Waals surface area (Å²) in [6.45, 7) is 2.28. The number of rotatable bonds is 23. The number of nitrogens with zero attached hydrogens (tertiary/aromatic N) is 1. The highest BCUT2D eigenvalue weighted by molar-refractivity contribution is 5.70. The van der Waals surface area contributed by atoms with E-state index in [1.165, 1.54) is 103 Å². The lowest BCUT2D eigenvalue weighted by Gasteiger charge is -2.23. The van der Waals surface area contributed by atoms with E-state index in [0.717, 1.165) is 23.7 Å². The second kappa shape index (κ2) is 25.9. The molecule has 0 aromatic rings. The number of carbonyl (C=O) groups excluding carboxylic acids is 1. The largest absolute Gasteiger partial charge is 0.548 e. The first-order valence-electron chi connectivity index (χ1n) is 13.8. The molecule has 0 aliphatic heterocycles. The highest BCUT2D eigenvalue weighted by Crippen LogP contribution is 2.14. The molecule has 0 unspecified atom stereocenters. The molecule has 0 amide bonds. The predicted octanol–water partition coefficient (Wildman–Crippen LogP) is 4.12. The molecular weight excluding hydrogens is 414 g/mol. The van der Waals surface area contributed by atoms with Crippen LogP contribution < -0.4 is 16.6 Å². The Kier molecular flexibility index (Phi) is 27.1. The van der Waals surface area contributed by atoms with E-state index in [1.54, 1.807) is 0 Å². The summed E-state index contributed by atoms with van der Waals surface area (Å²) in [4.78, 5) is 10.0. The van der Waals surface area contributed by atoms with Crippen molar-refractivity contribution in [3.8, 4) is 0 Å². The van der Waals surface area contributed by atoms with Crippen LogP contribution in [0.25, 0.3) is 0 Å². The number of hydrogen-bond acceptors (Lipinski definition) is 5. The van der Waals surface area contributed by atoms with Crippen LogP contribution in [0.5, 0.6) is 0 Å². The third-order valence-electron chi connectivity index (χ3n) is 6.01. The predicted molar refractivity (Wildman–Crippen MR) is 140 cm³/mol. The van der Waals surface area contributed by atoms with Crippen molar-refractivity contribution in [2.45, 2.75) is 128 Å². The second-order valence-corrected chi connectivity index (χ2v) is 10.6. The van der Waals surface area contributed by atoms with Gasteiger partial charge in [-0.25, -0.2) is 0 Å². The van der Waals surface area contributed by atoms with Crippen LogP contribution >= 0.6 is 0 Å². The SMILES string of the molecule is C[N+](C)(C)CCCCCCCCCCCCCCCCCCO.NCCCC[C@H](N)C(=O)[O-]. The van der Waals surface area contributed by atoms with Crippen LogP contribution in [-0.4, -0.2) is 62.4 Å². The van der Waals surface area contributed by atoms with Crippen LogP contribution in [0.3, 0.4) is 0 Å². The zero-order valence-corrected chi connectivity index (χ0v) is 22.5. The lowest BCUT2D eigenvalue weighted by Crippen LogP contribution is -2.41. The molecule has 0 aliphatic rings. The maximum atomic E-state index is 10.0. The molecule has 6 nitrogen and oxygen atoms in total. The fourth-order valence-electron chi connectivity index (χ4n) is 3.80. The summed E-state index contributed by atoms with van der Waals surface area (Å²) in [5, 5.41) is 18.7. The molecule has 6 heteroatoms. The van der Waals surface area contributed by atoms with Gasteiger partial charge in [-0.3, -0.25) is 0 Å². The van der Waals surface area contributed by atoms with Crippen molar-refractivity contribution < 1.29 is 19.5 Å². The molecular formula is C27H59N3O3. The Morgan fingerprint density at radius 2 is 1.06 bits per heavy atom. The average molecular weight is 474 g/mol. The highest BCUT2D eigenvalue weighted by Gasteiger charge is 2.05. The quantitative estimate of drug-likeness (QED) is 0.153. The van der Waals surface area contributed by atoms with Crippen LogP contribution in [0.15, 0.2) is 0 Å². The Bertz CT molecular complexity index is 401. The number of hydrogen-bond donors (Lipinski definition) is 3. The van der Waals surface area contributed by atoms with E-state index in [1.807, 2.05) is 0 Å². The lowest BCUT2D eigenvalue weighted by atomic mass is 10.0. The summed E-state index contributed by atoms with van der Waals surface area (Å²) >= 11 is 0. The first kappa shape index (κ1) is 34.5. The third-order valence-corrected chi connectivity index (χ3v) is 6.01. The number of unbranched alkanes of at least 4 members (excludes halogenated alkanes) is 16. The molecule has 0 saturated carbocycles. The topological polar surface area (TPSA) is 112 Å². The second-order valence-electron chi connectivity index (χ2n) is 10.6. The van der Waals surface area contributed by atoms with Gasteiger partial charge in [0.15, 0.2) is 0 Å². The average Bonchev–Trinajstić information content (AvgIpc) is 2.75. The first-order chi connectivity index (χ1) is 15.7. The summed E-state index contributed by atoms with van der Waals surface area (Å²) in [5.74, 6) is -1.18. The van der Waals surface area contributed by atoms with E-state index in [-0.39, 0.29) is 0 Å². The number of aliphatic carboxylic acids is 1. The number of carboxylic acid groups (broad SMARTS) is 1. The van der Waals surface area contributed by atoms with Crippen molar-refractivity contribution in [3.63, 3.8) is 0 Å². The minimum absolute atomic E-state index is 0.371. The number of aliphatic hydroxyl groups excluding tert-OH is 1. The molecule has 33 heavy (non-hydrogen) atoms. The molecule has 0 saturated heterocycles. The van der Waals surface area contributed by atoms with Gasteiger partial charge in [0.25, 0.3) is 0 Å². The van der Waals surface area contributed by atoms with Gasteiger partial charge in [-0.15, -0.1) is 0 Å². The van der Waals surface area contributed by atoms with Gasteiger partial charge in [0.05, 0.1) is 33.7 Å². The van der Waals surface area contributed by atoms with Crippen molar-refractivity contribution in [1.29, 1.82) is 0 Å². The Labute approximate surface area is 206 Å². The fraction of sp³-hybridized carbons (Fsp3) is 0.963. The van der Waals surface area contributed by atoms with E-state index in [9.17, 15) is 9.90 Å². The molecule has 0 aliphatic carbocycles. The van der Waals surface area contributed by atoms with E-state index in [0.29, 0.717) is 19.6 Å². The summed E-state index contributed by atoms with van der Waals surface area (Å²) in [7, 11) is 6.87. The molecule has 1 atom stereocenters. The summed E-state index contributed by atoms with van der Waals surface area (Å²) in [6.07, 6.45) is 24.2. The number of aliphatic hydroxyl groups is 1. The van der Waals surface area contributed by atoms with Crippen LogP contribution in [0.2, 0.25) is 0 Å². The van der Waals surface area contributed by atoms with Gasteiger partial charge in [-0.05, 0) is 38.6 Å². The number of carboxylic acids is 1. The van der Waals surface area contributed by atoms with Crippen molar-refractivity contribution >= 4 is 5.97 Å². The Hall–Kier alpha value is -0.690. The normalized spacial score (nSPS) is 12.3. The van der Waals surface area contributed by atoms with Crippen molar-refractivity contribution in [2.75, 3.05) is 40.8 Å². The number of carbonyl (C=O) groups is 1. The zero-order valence-electron chi connectivity index (χ0n) is 22.5. The lowest BCUT2D eigenvalue weighted by molar-refractivity contribution is -0.870. The summed E-state index contributed by atoms with van der Waals surface area (Å²) < 4.78 is 1.11. The van der Waals surface area contributed by atoms with Gasteiger partial charge in [0.2, 0.25) is 0 Å². The van der Waals surface area contributed by atoms with Gasteiger partial charge >= 0.3 is 0 Å². The molecule has 0 rings (SSSR count). The molecule has 5 N–H and O–H groups in total. The van der Waals surface area contributed by atoms with Gasteiger partial charge in [0.1, 0.15) is 0 Å². The van der Waals surface area contributed by atoms with Gasteiger partial charge in [-0.2, -0.15) is 0 Å². The van der Waals surface area contributed by atoms with E-state index in [4.69, 9.17) is 16.6 Å². The van der Waals surface area contributed by atoms with Gasteiger partial charge < -0.3 is 31.0 Å². The fourth-order valence-corrected chi connectivity index (χ4v) is 3.80. The first-order valence-corrected chi connectivity index (χ1v) is 13.8. The minimum atomic E-state index is -1.18. The molecule has 0 bridgehead atoms. The van der Waals surface area contributed by atoms with Crippen LogP contribution in [0.1, 0.15) is 122 Å². The standard InChI is InChI=1S/C21H46NO.C6H14N2O2/c1-22(2,3)20-18-16-14-12-10-8-6-4-5-7-9-11-13-15-17-19-21-23;7-4-2-1-3-5(8)6(9)10/h23H,4-21H2,1-3H3;5H,1-4,7-8H2,(H,9,10)/q+1;/p-1/t;5-/m.0/s1. The molecule has 200 valence electrons. The maximum Gasteiger partial charge on any atom is 0.0780 e. The highest BCUT2D eigenvalue weighted by atomic mass is 16.4. The smallest absolute Gasteiger partial charge is 0.0780 e. The molecule has 0 fully saturated rings. The van der Waals surface area contributed by atoms with Gasteiger partial charge in [-0.1, -0.05) is 89.9 Å². The minimum Gasteiger partial charge on any atom is -0.548 e. The Morgan fingerprint density at radius 3 is 1.36 bits per heavy atom. The van der Waals surface area contributed by atoms with Crippen LogP contribution in [0.4, 0.5) is 0 Å². The summed E-state index contributed by atoms with van der Waals surface area (Å²) in [5.41, 5.74) is 10.3. The van der Waals surface area contributed by atoms with Crippen molar-refractivity contribution in [3.05, 3.63) is 0 Å². The van der Waals surface area contributed by atoms with Crippen molar-refractivity contribution in [1.82, 2.24) is 0 Å². The molecule has 0 heterocycles. The van der Waals surface area contributed by atoms with Gasteiger partial charge in [0, 0.05) is 12.6 Å². The molecule has 0 aromatic heterocycles. The monoisotopic (exact) mass is 473 g/mol. The zero-order chi connectivity index (χ0) is 25.2. The molecule has 0 aromatic carbocycles. The number of quaternary nitrogens is 1. The van der Waals surface area contributed by atoms with E-state index < -0.39 is 12.0 Å². The van der Waals surface area contributed by atoms with E-state index in [2.05, 4.69) is 21.1 Å². The van der Waals surface area contributed by atoms with E-state index >= 15 is 0 Å². The Morgan fingerprint density at radius 1 is 0.697 bits per heavy atom.